The summed E-state index contributed by atoms with van der Waals surface area (Å²) in [4.78, 5) is 43.8. The average molecular weight is 490 g/mol. The molecule has 0 bridgehead atoms. The topological polar surface area (TPSA) is 85.0 Å². The summed E-state index contributed by atoms with van der Waals surface area (Å²) in [5.74, 6) is -0.800. The van der Waals surface area contributed by atoms with Crippen LogP contribution in [0.25, 0.3) is 10.8 Å². The SMILES string of the molecule is C[C@@]1(c2ccc3ccccc3c2)NC(=O)N(CN2CCN(CC(=O)Nc3ccc(F)cc3)CC2)C1=O. The molecule has 5 rings (SSSR count). The molecule has 0 spiro atoms. The number of nitrogens with zero attached hydrogens (tertiary/aromatic N) is 3. The predicted octanol–water partition coefficient (Wildman–Crippen LogP) is 2.96. The Hall–Kier alpha value is -3.82. The number of urea groups is 1. The molecule has 36 heavy (non-hydrogen) atoms. The number of carbonyl (C=O) groups excluding carboxylic acids is 3. The summed E-state index contributed by atoms with van der Waals surface area (Å²) in [5, 5.41) is 7.74. The van der Waals surface area contributed by atoms with Crippen LogP contribution in [0.1, 0.15) is 12.5 Å². The summed E-state index contributed by atoms with van der Waals surface area (Å²) >= 11 is 0. The van der Waals surface area contributed by atoms with Gasteiger partial charge in [0.15, 0.2) is 0 Å². The summed E-state index contributed by atoms with van der Waals surface area (Å²) in [7, 11) is 0. The molecule has 0 aromatic heterocycles. The van der Waals surface area contributed by atoms with Gasteiger partial charge in [-0.2, -0.15) is 0 Å². The highest BCUT2D eigenvalue weighted by Crippen LogP contribution is 2.31. The second kappa shape index (κ2) is 9.67. The van der Waals surface area contributed by atoms with Gasteiger partial charge in [0.1, 0.15) is 11.4 Å². The molecule has 1 atom stereocenters. The fourth-order valence-corrected chi connectivity index (χ4v) is 4.75. The molecule has 2 N–H and O–H groups in total. The van der Waals surface area contributed by atoms with E-state index < -0.39 is 11.6 Å². The second-order valence-corrected chi connectivity index (χ2v) is 9.44. The van der Waals surface area contributed by atoms with Crippen molar-refractivity contribution in [2.45, 2.75) is 12.5 Å². The van der Waals surface area contributed by atoms with E-state index in [1.165, 1.54) is 29.2 Å². The number of anilines is 1. The lowest BCUT2D eigenvalue weighted by molar-refractivity contribution is -0.132. The van der Waals surface area contributed by atoms with Gasteiger partial charge in [-0.1, -0.05) is 36.4 Å². The molecule has 3 aromatic carbocycles. The van der Waals surface area contributed by atoms with Gasteiger partial charge in [0.25, 0.3) is 5.91 Å². The fraction of sp³-hybridized carbons (Fsp3) is 0.296. The molecule has 186 valence electrons. The van der Waals surface area contributed by atoms with Crippen molar-refractivity contribution in [2.75, 3.05) is 44.7 Å². The van der Waals surface area contributed by atoms with Crippen LogP contribution in [-0.4, -0.2) is 71.9 Å². The van der Waals surface area contributed by atoms with E-state index in [1.54, 1.807) is 6.92 Å². The lowest BCUT2D eigenvalue weighted by atomic mass is 9.90. The Morgan fingerprint density at radius 1 is 0.944 bits per heavy atom. The first-order valence-corrected chi connectivity index (χ1v) is 12.0. The van der Waals surface area contributed by atoms with E-state index in [2.05, 4.69) is 10.6 Å². The van der Waals surface area contributed by atoms with Crippen molar-refractivity contribution >= 4 is 34.3 Å². The summed E-state index contributed by atoms with van der Waals surface area (Å²) in [5.41, 5.74) is 0.175. The molecule has 0 unspecified atom stereocenters. The van der Waals surface area contributed by atoms with Gasteiger partial charge in [-0.25, -0.2) is 14.1 Å². The van der Waals surface area contributed by atoms with Gasteiger partial charge in [0.2, 0.25) is 5.91 Å². The van der Waals surface area contributed by atoms with Gasteiger partial charge < -0.3 is 10.6 Å². The van der Waals surface area contributed by atoms with Crippen LogP contribution in [0.5, 0.6) is 0 Å². The Morgan fingerprint density at radius 3 is 2.33 bits per heavy atom. The Bertz CT molecular complexity index is 1310. The minimum atomic E-state index is -1.12. The number of imide groups is 1. The highest BCUT2D eigenvalue weighted by molar-refractivity contribution is 6.07. The Kier molecular flexibility index (Phi) is 6.42. The number of rotatable bonds is 6. The molecule has 9 heteroatoms. The molecule has 2 aliphatic rings. The Balaban J connectivity index is 1.16. The van der Waals surface area contributed by atoms with Crippen LogP contribution in [0.2, 0.25) is 0 Å². The van der Waals surface area contributed by atoms with Crippen LogP contribution in [0.4, 0.5) is 14.9 Å². The quantitative estimate of drug-likeness (QED) is 0.520. The van der Waals surface area contributed by atoms with Crippen molar-refractivity contribution < 1.29 is 18.8 Å². The van der Waals surface area contributed by atoms with E-state index in [4.69, 9.17) is 0 Å². The maximum atomic E-state index is 13.4. The number of benzene rings is 3. The predicted molar refractivity (Wildman–Crippen MR) is 135 cm³/mol. The van der Waals surface area contributed by atoms with Crippen molar-refractivity contribution in [3.05, 3.63) is 78.1 Å². The van der Waals surface area contributed by atoms with E-state index in [0.717, 1.165) is 16.3 Å². The monoisotopic (exact) mass is 489 g/mol. The van der Waals surface area contributed by atoms with Crippen molar-refractivity contribution in [3.8, 4) is 0 Å². The maximum absolute atomic E-state index is 13.4. The third-order valence-corrected chi connectivity index (χ3v) is 6.90. The van der Waals surface area contributed by atoms with Crippen molar-refractivity contribution in [1.82, 2.24) is 20.0 Å². The summed E-state index contributed by atoms with van der Waals surface area (Å²) < 4.78 is 13.0. The van der Waals surface area contributed by atoms with Crippen molar-refractivity contribution in [1.29, 1.82) is 0 Å². The number of amides is 4. The van der Waals surface area contributed by atoms with Crippen LogP contribution in [0, 0.1) is 5.82 Å². The van der Waals surface area contributed by atoms with Crippen LogP contribution in [0.3, 0.4) is 0 Å². The van der Waals surface area contributed by atoms with Gasteiger partial charge in [0.05, 0.1) is 13.2 Å². The van der Waals surface area contributed by atoms with Gasteiger partial charge >= 0.3 is 6.03 Å². The number of hydrogen-bond acceptors (Lipinski definition) is 5. The minimum absolute atomic E-state index is 0.171. The zero-order chi connectivity index (χ0) is 25.3. The van der Waals surface area contributed by atoms with Crippen LogP contribution in [-0.2, 0) is 15.1 Å². The first kappa shape index (κ1) is 23.9. The van der Waals surface area contributed by atoms with Crippen LogP contribution < -0.4 is 10.6 Å². The fourth-order valence-electron chi connectivity index (χ4n) is 4.75. The summed E-state index contributed by atoms with van der Waals surface area (Å²) in [6.07, 6.45) is 0. The smallest absolute Gasteiger partial charge is 0.325 e. The molecule has 2 saturated heterocycles. The number of fused-ring (bicyclic) bond motifs is 1. The number of hydrogen-bond donors (Lipinski definition) is 2. The normalized spacial score (nSPS) is 21.1. The lowest BCUT2D eigenvalue weighted by Gasteiger charge is -2.35. The number of halogens is 1. The summed E-state index contributed by atoms with van der Waals surface area (Å²) in [6, 6.07) is 18.9. The summed E-state index contributed by atoms with van der Waals surface area (Å²) in [6.45, 7) is 4.65. The highest BCUT2D eigenvalue weighted by Gasteiger charge is 2.49. The Morgan fingerprint density at radius 2 is 1.61 bits per heavy atom. The highest BCUT2D eigenvalue weighted by atomic mass is 19.1. The van der Waals surface area contributed by atoms with Gasteiger partial charge in [-0.15, -0.1) is 0 Å². The minimum Gasteiger partial charge on any atom is -0.325 e. The Labute approximate surface area is 208 Å². The molecule has 2 aliphatic heterocycles. The van der Waals surface area contributed by atoms with E-state index >= 15 is 0 Å². The first-order valence-electron chi connectivity index (χ1n) is 12.0. The molecule has 2 fully saturated rings. The molecule has 4 amide bonds. The standard InChI is InChI=1S/C27H28FN5O3/c1-27(21-7-6-19-4-2-3-5-20(19)16-21)25(35)33(26(36)30-27)18-32-14-12-31(13-15-32)17-24(34)29-23-10-8-22(28)9-11-23/h2-11,16H,12-15,17-18H2,1H3,(H,29,34)(H,30,36)/t27-/m0/s1. The maximum Gasteiger partial charge on any atom is 0.326 e. The lowest BCUT2D eigenvalue weighted by Crippen LogP contribution is -2.52. The van der Waals surface area contributed by atoms with E-state index in [1.807, 2.05) is 52.3 Å². The van der Waals surface area contributed by atoms with E-state index in [9.17, 15) is 18.8 Å². The molecule has 0 aliphatic carbocycles. The van der Waals surface area contributed by atoms with Crippen LogP contribution in [0.15, 0.2) is 66.7 Å². The van der Waals surface area contributed by atoms with Crippen molar-refractivity contribution in [2.24, 2.45) is 0 Å². The van der Waals surface area contributed by atoms with Crippen molar-refractivity contribution in [3.63, 3.8) is 0 Å². The van der Waals surface area contributed by atoms with Gasteiger partial charge in [-0.3, -0.25) is 19.4 Å². The average Bonchev–Trinajstić information content (AvgIpc) is 3.10. The van der Waals surface area contributed by atoms with Crippen LogP contribution >= 0.6 is 0 Å². The number of piperazine rings is 1. The molecule has 0 saturated carbocycles. The van der Waals surface area contributed by atoms with Gasteiger partial charge in [-0.05, 0) is 53.6 Å². The zero-order valence-electron chi connectivity index (χ0n) is 20.0. The number of carbonyl (C=O) groups is 3. The third-order valence-electron chi connectivity index (χ3n) is 6.90. The third kappa shape index (κ3) is 4.80. The van der Waals surface area contributed by atoms with Gasteiger partial charge in [0, 0.05) is 31.9 Å². The first-order chi connectivity index (χ1) is 17.3. The van der Waals surface area contributed by atoms with E-state index in [-0.39, 0.29) is 30.8 Å². The largest absolute Gasteiger partial charge is 0.326 e. The molecule has 3 aromatic rings. The number of nitrogens with one attached hydrogen (secondary N) is 2. The second-order valence-electron chi connectivity index (χ2n) is 9.44. The molecule has 8 nitrogen and oxygen atoms in total. The molecular formula is C27H28FN5O3. The zero-order valence-corrected chi connectivity index (χ0v) is 20.0. The molecular weight excluding hydrogens is 461 g/mol. The molecule has 2 heterocycles. The van der Waals surface area contributed by atoms with E-state index in [0.29, 0.717) is 31.9 Å². The molecule has 0 radical (unpaired) electrons.